The quantitative estimate of drug-likeness (QED) is 0.235. The molecule has 2 aromatic rings. The van der Waals surface area contributed by atoms with Gasteiger partial charge in [0.2, 0.25) is 11.8 Å². The van der Waals surface area contributed by atoms with Crippen molar-refractivity contribution in [3.8, 4) is 0 Å². The highest BCUT2D eigenvalue weighted by atomic mass is 16.2. The number of imide groups is 2. The molecule has 4 N–H and O–H groups in total. The van der Waals surface area contributed by atoms with Crippen LogP contribution in [-0.4, -0.2) is 81.7 Å². The number of carbonyl (C=O) groups excluding carboxylic acids is 4. The minimum Gasteiger partial charge on any atom is -0.385 e. The smallest absolute Gasteiger partial charge is 0.262 e. The van der Waals surface area contributed by atoms with Crippen LogP contribution in [0.1, 0.15) is 90.3 Å². The first-order valence-corrected chi connectivity index (χ1v) is 15.9. The molecule has 2 unspecified atom stereocenters. The Bertz CT molecular complexity index is 1630. The average molecular weight is 611 g/mol. The number of fused-ring (bicyclic) bond motifs is 1. The maximum absolute atomic E-state index is 13.2. The normalized spacial score (nSPS) is 26.1. The Hall–Kier alpha value is -4.61. The molecule has 234 valence electrons. The minimum atomic E-state index is -0.972. The number of pyridine rings is 1. The van der Waals surface area contributed by atoms with Gasteiger partial charge in [-0.3, -0.25) is 39.4 Å². The molecule has 0 bridgehead atoms. The molecule has 12 nitrogen and oxygen atoms in total. The van der Waals surface area contributed by atoms with Crippen molar-refractivity contribution in [1.29, 1.82) is 5.41 Å². The van der Waals surface area contributed by atoms with Crippen molar-refractivity contribution in [3.63, 3.8) is 0 Å². The molecule has 2 aliphatic carbocycles. The van der Waals surface area contributed by atoms with Crippen molar-refractivity contribution in [3.05, 3.63) is 52.8 Å². The van der Waals surface area contributed by atoms with Crippen LogP contribution in [0.5, 0.6) is 0 Å². The SMILES string of the molecule is CC(C)Nc1ccnc(C2CN(C3CC(CNc4ccc5c(c4)C(=O)N(C4CCC(=O)NC4=O)C5=O)C3)N=C2C2CC2)c1C=N. The molecule has 4 amide bonds. The molecule has 0 radical (unpaired) electrons. The van der Waals surface area contributed by atoms with Crippen LogP contribution in [0.2, 0.25) is 0 Å². The Morgan fingerprint density at radius 2 is 1.84 bits per heavy atom. The second kappa shape index (κ2) is 11.4. The molecule has 3 aliphatic heterocycles. The number of benzene rings is 1. The summed E-state index contributed by atoms with van der Waals surface area (Å²) in [6, 6.07) is 6.68. The molecular formula is C33H38N8O4. The van der Waals surface area contributed by atoms with Crippen molar-refractivity contribution in [1.82, 2.24) is 20.2 Å². The third-order valence-corrected chi connectivity index (χ3v) is 9.57. The third kappa shape index (κ3) is 5.36. The van der Waals surface area contributed by atoms with Crippen molar-refractivity contribution < 1.29 is 19.2 Å². The van der Waals surface area contributed by atoms with E-state index in [1.165, 1.54) is 11.9 Å². The van der Waals surface area contributed by atoms with E-state index in [1.54, 1.807) is 18.2 Å². The first-order valence-electron chi connectivity index (χ1n) is 15.9. The lowest BCUT2D eigenvalue weighted by Gasteiger charge is -2.40. The highest BCUT2D eigenvalue weighted by Gasteiger charge is 2.46. The number of hydrazone groups is 1. The van der Waals surface area contributed by atoms with E-state index in [-0.39, 0.29) is 35.9 Å². The van der Waals surface area contributed by atoms with Gasteiger partial charge in [-0.25, -0.2) is 0 Å². The van der Waals surface area contributed by atoms with Gasteiger partial charge in [-0.1, -0.05) is 0 Å². The van der Waals surface area contributed by atoms with E-state index in [2.05, 4.69) is 34.8 Å². The van der Waals surface area contributed by atoms with Crippen LogP contribution >= 0.6 is 0 Å². The average Bonchev–Trinajstić information content (AvgIpc) is 3.70. The van der Waals surface area contributed by atoms with Gasteiger partial charge >= 0.3 is 0 Å². The molecule has 4 heterocycles. The fraction of sp³-hybridized carbons (Fsp3) is 0.485. The van der Waals surface area contributed by atoms with Crippen LogP contribution in [0.15, 0.2) is 35.6 Å². The summed E-state index contributed by atoms with van der Waals surface area (Å²) in [6.45, 7) is 5.69. The highest BCUT2D eigenvalue weighted by Crippen LogP contribution is 2.44. The fourth-order valence-electron chi connectivity index (χ4n) is 7.05. The number of rotatable bonds is 10. The van der Waals surface area contributed by atoms with Crippen molar-refractivity contribution in [2.24, 2.45) is 16.9 Å². The minimum absolute atomic E-state index is 0.0894. The number of aromatic nitrogens is 1. The fourth-order valence-corrected chi connectivity index (χ4v) is 7.05. The van der Waals surface area contributed by atoms with Gasteiger partial charge in [0.15, 0.2) is 0 Å². The van der Waals surface area contributed by atoms with Crippen LogP contribution < -0.4 is 16.0 Å². The summed E-state index contributed by atoms with van der Waals surface area (Å²) in [5.41, 5.74) is 5.22. The van der Waals surface area contributed by atoms with Gasteiger partial charge in [0.1, 0.15) is 6.04 Å². The Morgan fingerprint density at radius 1 is 1.07 bits per heavy atom. The molecule has 0 spiro atoms. The number of hydrogen-bond acceptors (Lipinski definition) is 10. The van der Waals surface area contributed by atoms with E-state index < -0.39 is 29.7 Å². The van der Waals surface area contributed by atoms with Crippen molar-refractivity contribution >= 4 is 46.9 Å². The summed E-state index contributed by atoms with van der Waals surface area (Å²) in [7, 11) is 0. The molecule has 5 aliphatic rings. The zero-order valence-corrected chi connectivity index (χ0v) is 25.5. The van der Waals surface area contributed by atoms with Gasteiger partial charge in [0.05, 0.1) is 35.0 Å². The zero-order valence-electron chi connectivity index (χ0n) is 25.5. The molecule has 2 atom stereocenters. The summed E-state index contributed by atoms with van der Waals surface area (Å²) in [5.74, 6) is -0.982. The number of piperidine rings is 1. The lowest BCUT2D eigenvalue weighted by atomic mass is 9.79. The second-order valence-corrected chi connectivity index (χ2v) is 13.2. The molecule has 2 saturated carbocycles. The molecule has 1 aromatic heterocycles. The second-order valence-electron chi connectivity index (χ2n) is 13.2. The monoisotopic (exact) mass is 610 g/mol. The topological polar surface area (TPSA) is 160 Å². The summed E-state index contributed by atoms with van der Waals surface area (Å²) in [4.78, 5) is 55.8. The van der Waals surface area contributed by atoms with Crippen LogP contribution in [0.3, 0.4) is 0 Å². The molecular weight excluding hydrogens is 572 g/mol. The van der Waals surface area contributed by atoms with Gasteiger partial charge in [0, 0.05) is 54.4 Å². The summed E-state index contributed by atoms with van der Waals surface area (Å²) < 4.78 is 0. The largest absolute Gasteiger partial charge is 0.385 e. The molecule has 45 heavy (non-hydrogen) atoms. The zero-order chi connectivity index (χ0) is 31.4. The Balaban J connectivity index is 0.971. The van der Waals surface area contributed by atoms with E-state index in [1.807, 2.05) is 12.3 Å². The number of nitrogens with one attached hydrogen (secondary N) is 4. The Labute approximate surface area is 261 Å². The summed E-state index contributed by atoms with van der Waals surface area (Å²) in [5, 5.41) is 24.7. The summed E-state index contributed by atoms with van der Waals surface area (Å²) >= 11 is 0. The standard InChI is InChI=1S/C33H38N8O4/c1-17(2)37-26-9-10-35-30(24(26)14-34)25-16-40(39-29(25)19-3-4-19)21-11-18(12-21)15-36-20-5-6-22-23(13-20)33(45)41(32(22)44)27-7-8-28(42)38-31(27)43/h5-6,9-10,13-14,17-19,21,25,27,34,36H,3-4,7-8,11-12,15-16H2,1-2H3,(H,35,37)(H,38,42,43). The lowest BCUT2D eigenvalue weighted by Crippen LogP contribution is -2.54. The van der Waals surface area contributed by atoms with Crippen LogP contribution in [0.4, 0.5) is 11.4 Å². The van der Waals surface area contributed by atoms with Crippen LogP contribution in [0.25, 0.3) is 0 Å². The van der Waals surface area contributed by atoms with E-state index in [0.717, 1.165) is 66.3 Å². The van der Waals surface area contributed by atoms with Gasteiger partial charge in [-0.05, 0) is 82.1 Å². The molecule has 3 fully saturated rings. The predicted octanol–water partition coefficient (Wildman–Crippen LogP) is 3.36. The van der Waals surface area contributed by atoms with E-state index in [0.29, 0.717) is 17.9 Å². The molecule has 7 rings (SSSR count). The number of hydrogen-bond donors (Lipinski definition) is 4. The number of anilines is 2. The molecule has 1 aromatic carbocycles. The van der Waals surface area contributed by atoms with Crippen molar-refractivity contribution in [2.75, 3.05) is 23.7 Å². The Kier molecular flexibility index (Phi) is 7.37. The van der Waals surface area contributed by atoms with Gasteiger partial charge in [0.25, 0.3) is 11.8 Å². The number of amides is 4. The van der Waals surface area contributed by atoms with Crippen LogP contribution in [0, 0.1) is 17.2 Å². The first-order chi connectivity index (χ1) is 21.7. The maximum atomic E-state index is 13.2. The summed E-state index contributed by atoms with van der Waals surface area (Å²) in [6.07, 6.45) is 7.78. The van der Waals surface area contributed by atoms with Gasteiger partial charge < -0.3 is 16.0 Å². The number of carbonyl (C=O) groups is 4. The molecule has 12 heteroatoms. The predicted molar refractivity (Wildman–Crippen MR) is 169 cm³/mol. The van der Waals surface area contributed by atoms with E-state index in [9.17, 15) is 19.2 Å². The Morgan fingerprint density at radius 3 is 2.56 bits per heavy atom. The lowest BCUT2D eigenvalue weighted by molar-refractivity contribution is -0.136. The van der Waals surface area contributed by atoms with Gasteiger partial charge in [-0.2, -0.15) is 5.10 Å². The van der Waals surface area contributed by atoms with E-state index >= 15 is 0 Å². The highest BCUT2D eigenvalue weighted by molar-refractivity contribution is 6.23. The van der Waals surface area contributed by atoms with E-state index in [4.69, 9.17) is 15.5 Å². The first kappa shape index (κ1) is 29.1. The van der Waals surface area contributed by atoms with Crippen molar-refractivity contribution in [2.45, 2.75) is 76.4 Å². The maximum Gasteiger partial charge on any atom is 0.262 e. The van der Waals surface area contributed by atoms with Crippen LogP contribution in [-0.2, 0) is 9.59 Å². The van der Waals surface area contributed by atoms with Gasteiger partial charge in [-0.15, -0.1) is 0 Å². The number of nitrogens with zero attached hydrogens (tertiary/aromatic N) is 4. The third-order valence-electron chi connectivity index (χ3n) is 9.57. The molecule has 1 saturated heterocycles.